The minimum atomic E-state index is -0.994. The number of rotatable bonds is 18. The van der Waals surface area contributed by atoms with Crippen LogP contribution in [0.4, 0.5) is 0 Å². The van der Waals surface area contributed by atoms with Gasteiger partial charge < -0.3 is 0 Å². The first-order valence-electron chi connectivity index (χ1n) is 15.9. The van der Waals surface area contributed by atoms with Crippen molar-refractivity contribution >= 4 is 80.8 Å². The fourth-order valence-corrected chi connectivity index (χ4v) is 24.1. The van der Waals surface area contributed by atoms with Gasteiger partial charge in [-0.15, -0.1) is 0 Å². The van der Waals surface area contributed by atoms with Gasteiger partial charge in [0.15, 0.2) is 0 Å². The van der Waals surface area contributed by atoms with Crippen LogP contribution >= 0.6 is 7.92 Å². The average Bonchev–Trinajstić information content (AvgIpc) is 2.97. The average molecular weight is 743 g/mol. The van der Waals surface area contributed by atoms with E-state index in [1.807, 2.05) is 0 Å². The van der Waals surface area contributed by atoms with E-state index in [2.05, 4.69) is 114 Å². The predicted molar refractivity (Wildman–Crippen MR) is 192 cm³/mol. The Labute approximate surface area is 263 Å². The summed E-state index contributed by atoms with van der Waals surface area (Å²) in [5.74, 6) is 0. The van der Waals surface area contributed by atoms with Crippen molar-refractivity contribution in [3.63, 3.8) is 0 Å². The van der Waals surface area contributed by atoms with Crippen molar-refractivity contribution in [1.82, 2.24) is 0 Å². The minimum absolute atomic E-state index is 0.555. The SMILES string of the molecule is CCC[As](CCC)c1cccc(P(c2cccc([As](CCC)CCC)c2)c2cccc([As](CCC)CCC)c2)c1. The second-order valence-electron chi connectivity index (χ2n) is 10.9. The summed E-state index contributed by atoms with van der Waals surface area (Å²) in [6.45, 7) is 14.3. The third kappa shape index (κ3) is 9.91. The molecule has 0 saturated carbocycles. The van der Waals surface area contributed by atoms with E-state index in [0.29, 0.717) is 0 Å². The molecule has 0 nitrogen and oxygen atoms in total. The summed E-state index contributed by atoms with van der Waals surface area (Å²) in [5.41, 5.74) is 0. The van der Waals surface area contributed by atoms with E-state index in [9.17, 15) is 0 Å². The third-order valence-corrected chi connectivity index (χ3v) is 28.5. The molecule has 0 aliphatic carbocycles. The van der Waals surface area contributed by atoms with Crippen molar-refractivity contribution in [3.05, 3.63) is 72.8 Å². The monoisotopic (exact) mass is 742 g/mol. The van der Waals surface area contributed by atoms with Crippen molar-refractivity contribution in [1.29, 1.82) is 0 Å². The summed E-state index contributed by atoms with van der Waals surface area (Å²) >= 11 is -2.98. The van der Waals surface area contributed by atoms with Gasteiger partial charge in [0.1, 0.15) is 0 Å². The summed E-state index contributed by atoms with van der Waals surface area (Å²) < 4.78 is 5.13. The number of hydrogen-bond donors (Lipinski definition) is 0. The van der Waals surface area contributed by atoms with E-state index in [0.717, 1.165) is 0 Å². The Kier molecular flexibility index (Phi) is 16.4. The molecule has 3 aromatic rings. The van der Waals surface area contributed by atoms with Gasteiger partial charge >= 0.3 is 265 Å². The molecule has 0 unspecified atom stereocenters. The topological polar surface area (TPSA) is 0 Å². The van der Waals surface area contributed by atoms with E-state index in [1.54, 1.807) is 29.0 Å². The first-order valence-corrected chi connectivity index (χ1v) is 28.1. The molecule has 3 aromatic carbocycles. The molecule has 0 atom stereocenters. The fourth-order valence-electron chi connectivity index (χ4n) is 5.66. The molecular weight excluding hydrogens is 688 g/mol. The van der Waals surface area contributed by atoms with Crippen LogP contribution in [0.1, 0.15) is 80.1 Å². The molecule has 0 aromatic heterocycles. The number of hydrogen-bond acceptors (Lipinski definition) is 0. The van der Waals surface area contributed by atoms with Crippen LogP contribution in [0.2, 0.25) is 31.3 Å². The molecular formula is C36H54As3P. The van der Waals surface area contributed by atoms with Gasteiger partial charge in [0.05, 0.1) is 0 Å². The van der Waals surface area contributed by atoms with Crippen LogP contribution < -0.4 is 29.0 Å². The first-order chi connectivity index (χ1) is 19.6. The predicted octanol–water partition coefficient (Wildman–Crippen LogP) is 8.01. The Morgan fingerprint density at radius 2 is 0.650 bits per heavy atom. The van der Waals surface area contributed by atoms with E-state index >= 15 is 0 Å². The van der Waals surface area contributed by atoms with Crippen LogP contribution in [0, 0.1) is 0 Å². The maximum absolute atomic E-state index is 2.68. The summed E-state index contributed by atoms with van der Waals surface area (Å²) in [5, 5.41) is 13.4. The Hall–Kier alpha value is -0.235. The Morgan fingerprint density at radius 3 is 0.875 bits per heavy atom. The first kappa shape index (κ1) is 34.3. The van der Waals surface area contributed by atoms with Gasteiger partial charge in [-0.2, -0.15) is 0 Å². The molecule has 40 heavy (non-hydrogen) atoms. The fraction of sp³-hybridized carbons (Fsp3) is 0.500. The number of benzene rings is 3. The molecule has 0 heterocycles. The molecule has 0 bridgehead atoms. The van der Waals surface area contributed by atoms with Gasteiger partial charge in [-0.3, -0.25) is 0 Å². The van der Waals surface area contributed by atoms with Crippen LogP contribution in [0.5, 0.6) is 0 Å². The molecule has 218 valence electrons. The summed E-state index contributed by atoms with van der Waals surface area (Å²) in [6, 6.07) is 30.1. The second kappa shape index (κ2) is 19.1. The molecule has 0 spiro atoms. The molecule has 0 aliphatic rings. The Balaban J connectivity index is 2.16. The van der Waals surface area contributed by atoms with Crippen molar-refractivity contribution in [2.24, 2.45) is 0 Å². The molecule has 0 amide bonds. The standard InChI is InChI=1S/C36H54As3P/c1-7-22-37(23-8-2)31-16-13-19-34(28-31)40(35-20-14-17-32(29-35)38(24-9-3)25-10-4)36-21-15-18-33(30-36)39(26-11-5)27-12-6/h13-21,28-30H,7-12,22-27H2,1-6H3. The summed E-state index contributed by atoms with van der Waals surface area (Å²) in [7, 11) is -0.555. The van der Waals surface area contributed by atoms with Crippen LogP contribution in [0.3, 0.4) is 0 Å². The zero-order valence-corrected chi connectivity index (χ0v) is 32.7. The van der Waals surface area contributed by atoms with Crippen molar-refractivity contribution in [2.75, 3.05) is 0 Å². The third-order valence-electron chi connectivity index (χ3n) is 7.32. The molecule has 0 aliphatic heterocycles. The van der Waals surface area contributed by atoms with Crippen LogP contribution in [0.25, 0.3) is 0 Å². The normalized spacial score (nSPS) is 11.8. The summed E-state index contributed by atoms with van der Waals surface area (Å²) in [6.07, 6.45) is 7.95. The van der Waals surface area contributed by atoms with Crippen molar-refractivity contribution in [3.8, 4) is 0 Å². The van der Waals surface area contributed by atoms with E-state index < -0.39 is 51.9 Å². The van der Waals surface area contributed by atoms with Crippen LogP contribution in [-0.4, -0.2) is 44.0 Å². The Morgan fingerprint density at radius 1 is 0.400 bits per heavy atom. The molecule has 3 rings (SSSR count). The molecule has 0 saturated heterocycles. The van der Waals surface area contributed by atoms with Crippen LogP contribution in [-0.2, 0) is 0 Å². The van der Waals surface area contributed by atoms with Crippen molar-refractivity contribution < 1.29 is 0 Å². The van der Waals surface area contributed by atoms with Gasteiger partial charge in [0, 0.05) is 0 Å². The van der Waals surface area contributed by atoms with Gasteiger partial charge in [-0.25, -0.2) is 0 Å². The van der Waals surface area contributed by atoms with Gasteiger partial charge in [0.2, 0.25) is 0 Å². The molecule has 0 radical (unpaired) electrons. The van der Waals surface area contributed by atoms with E-state index in [-0.39, 0.29) is 0 Å². The van der Waals surface area contributed by atoms with E-state index in [1.165, 1.54) is 69.8 Å². The maximum atomic E-state index is 2.68. The van der Waals surface area contributed by atoms with Gasteiger partial charge in [0.25, 0.3) is 0 Å². The van der Waals surface area contributed by atoms with E-state index in [4.69, 9.17) is 0 Å². The quantitative estimate of drug-likeness (QED) is 0.0916. The van der Waals surface area contributed by atoms with Crippen LogP contribution in [0.15, 0.2) is 72.8 Å². The van der Waals surface area contributed by atoms with Gasteiger partial charge in [-0.1, -0.05) is 0 Å². The zero-order chi connectivity index (χ0) is 28.7. The molecule has 4 heteroatoms. The second-order valence-corrected chi connectivity index (χ2v) is 28.8. The molecule has 0 fully saturated rings. The van der Waals surface area contributed by atoms with Gasteiger partial charge in [-0.05, 0) is 0 Å². The zero-order valence-electron chi connectivity index (χ0n) is 26.2. The van der Waals surface area contributed by atoms with Crippen molar-refractivity contribution in [2.45, 2.75) is 111 Å². The molecule has 0 N–H and O–H groups in total. The summed E-state index contributed by atoms with van der Waals surface area (Å²) in [4.78, 5) is 0. The Bertz CT molecular complexity index is 971.